The van der Waals surface area contributed by atoms with Crippen LogP contribution in [0.15, 0.2) is 91.5 Å². The molecule has 5 rings (SSSR count). The summed E-state index contributed by atoms with van der Waals surface area (Å²) in [6.07, 6.45) is 6.34. The monoisotopic (exact) mass is 467 g/mol. The zero-order chi connectivity index (χ0) is 24.4. The van der Waals surface area contributed by atoms with Crippen molar-refractivity contribution in [3.05, 3.63) is 103 Å². The van der Waals surface area contributed by atoms with Crippen molar-refractivity contribution in [1.82, 2.24) is 14.9 Å². The van der Waals surface area contributed by atoms with Crippen LogP contribution in [0.5, 0.6) is 0 Å². The Morgan fingerprint density at radius 2 is 1.60 bits per heavy atom. The van der Waals surface area contributed by atoms with Crippen LogP contribution >= 0.6 is 0 Å². The third kappa shape index (κ3) is 4.72. The Labute approximate surface area is 202 Å². The molecule has 176 valence electrons. The summed E-state index contributed by atoms with van der Waals surface area (Å²) in [6.45, 7) is 0. The van der Waals surface area contributed by atoms with Gasteiger partial charge in [0.15, 0.2) is 0 Å². The molecule has 1 aliphatic carbocycles. The Hall–Kier alpha value is -4.23. The van der Waals surface area contributed by atoms with E-state index < -0.39 is 30.1 Å². The average molecular weight is 468 g/mol. The SMILES string of the molecule is O=C(O)C[C@H](C(=O)N[C@@H]1c2ccccc2C[C@H]1O)n1ccc(-c2ccc(-c3ccncc3)cc2)c1. The molecule has 35 heavy (non-hydrogen) atoms. The summed E-state index contributed by atoms with van der Waals surface area (Å²) >= 11 is 0. The van der Waals surface area contributed by atoms with Crippen molar-refractivity contribution in [2.75, 3.05) is 0 Å². The van der Waals surface area contributed by atoms with Gasteiger partial charge in [-0.25, -0.2) is 0 Å². The molecule has 0 saturated carbocycles. The summed E-state index contributed by atoms with van der Waals surface area (Å²) in [7, 11) is 0. The molecule has 3 atom stereocenters. The molecular weight excluding hydrogens is 442 g/mol. The van der Waals surface area contributed by atoms with Crippen LogP contribution < -0.4 is 5.32 Å². The lowest BCUT2D eigenvalue weighted by atomic mass is 10.0. The first-order chi connectivity index (χ1) is 17.0. The highest BCUT2D eigenvalue weighted by Crippen LogP contribution is 2.32. The number of aliphatic hydroxyl groups is 1. The Balaban J connectivity index is 1.37. The number of carbonyl (C=O) groups excluding carboxylic acids is 1. The first kappa shape index (κ1) is 22.6. The number of carbonyl (C=O) groups is 2. The first-order valence-electron chi connectivity index (χ1n) is 11.5. The van der Waals surface area contributed by atoms with Gasteiger partial charge in [-0.05, 0) is 51.6 Å². The third-order valence-corrected chi connectivity index (χ3v) is 6.48. The van der Waals surface area contributed by atoms with Gasteiger partial charge in [0.2, 0.25) is 5.91 Å². The number of hydrogen-bond acceptors (Lipinski definition) is 4. The van der Waals surface area contributed by atoms with E-state index in [-0.39, 0.29) is 6.42 Å². The second-order valence-corrected chi connectivity index (χ2v) is 8.73. The van der Waals surface area contributed by atoms with Gasteiger partial charge in [0.1, 0.15) is 6.04 Å². The molecule has 2 heterocycles. The number of benzene rings is 2. The first-order valence-corrected chi connectivity index (χ1v) is 11.5. The Morgan fingerprint density at radius 3 is 2.31 bits per heavy atom. The van der Waals surface area contributed by atoms with Crippen LogP contribution in [-0.4, -0.2) is 37.7 Å². The maximum absolute atomic E-state index is 13.2. The van der Waals surface area contributed by atoms with Crippen LogP contribution in [0.25, 0.3) is 22.3 Å². The molecule has 0 saturated heterocycles. The number of aliphatic carboxylic acids is 1. The van der Waals surface area contributed by atoms with E-state index in [1.165, 1.54) is 0 Å². The Morgan fingerprint density at radius 1 is 0.943 bits per heavy atom. The lowest BCUT2D eigenvalue weighted by Gasteiger charge is -2.23. The highest BCUT2D eigenvalue weighted by atomic mass is 16.4. The number of carboxylic acid groups (broad SMARTS) is 1. The Kier molecular flexibility index (Phi) is 6.16. The number of pyridine rings is 1. The van der Waals surface area contributed by atoms with Crippen LogP contribution in [-0.2, 0) is 16.0 Å². The highest BCUT2D eigenvalue weighted by molar-refractivity contribution is 5.85. The molecular formula is C28H25N3O4. The zero-order valence-corrected chi connectivity index (χ0v) is 18.9. The predicted molar refractivity (Wildman–Crippen MR) is 131 cm³/mol. The van der Waals surface area contributed by atoms with Crippen LogP contribution in [0.4, 0.5) is 0 Å². The number of nitrogens with one attached hydrogen (secondary N) is 1. The average Bonchev–Trinajstić information content (AvgIpc) is 3.48. The van der Waals surface area contributed by atoms with Gasteiger partial charge in [-0.15, -0.1) is 0 Å². The molecule has 0 bridgehead atoms. The van der Waals surface area contributed by atoms with E-state index in [4.69, 9.17) is 0 Å². The second-order valence-electron chi connectivity index (χ2n) is 8.73. The normalized spacial score (nSPS) is 17.5. The van der Waals surface area contributed by atoms with Crippen LogP contribution in [0, 0.1) is 0 Å². The maximum Gasteiger partial charge on any atom is 0.306 e. The Bertz CT molecular complexity index is 1350. The standard InChI is InChI=1S/C28H25N3O4/c32-25-15-21-3-1-2-4-23(21)27(25)30-28(35)24(16-26(33)34)31-14-11-22(17-31)19-7-5-18(6-8-19)20-9-12-29-13-10-20/h1-14,17,24-25,27,32H,15-16H2,(H,30,35)(H,33,34)/t24-,25-,27-/m1/s1. The lowest BCUT2D eigenvalue weighted by molar-refractivity contribution is -0.141. The fourth-order valence-electron chi connectivity index (χ4n) is 4.67. The number of aliphatic hydroxyl groups excluding tert-OH is 1. The van der Waals surface area contributed by atoms with E-state index >= 15 is 0 Å². The number of rotatable bonds is 7. The van der Waals surface area contributed by atoms with Gasteiger partial charge in [0.05, 0.1) is 18.6 Å². The number of carboxylic acids is 1. The summed E-state index contributed by atoms with van der Waals surface area (Å²) in [5, 5.41) is 22.9. The van der Waals surface area contributed by atoms with E-state index in [2.05, 4.69) is 10.3 Å². The molecule has 0 aliphatic heterocycles. The molecule has 2 aromatic carbocycles. The topological polar surface area (TPSA) is 104 Å². The molecule has 2 aromatic heterocycles. The number of nitrogens with zero attached hydrogens (tertiary/aromatic N) is 2. The number of hydrogen-bond donors (Lipinski definition) is 3. The summed E-state index contributed by atoms with van der Waals surface area (Å²) in [6, 6.07) is 19.8. The molecule has 0 spiro atoms. The van der Waals surface area contributed by atoms with Crippen molar-refractivity contribution < 1.29 is 19.8 Å². The minimum Gasteiger partial charge on any atom is -0.481 e. The van der Waals surface area contributed by atoms with Gasteiger partial charge < -0.3 is 20.1 Å². The fraction of sp³-hybridized carbons (Fsp3) is 0.179. The van der Waals surface area contributed by atoms with Crippen LogP contribution in [0.1, 0.15) is 29.6 Å². The quantitative estimate of drug-likeness (QED) is 0.381. The van der Waals surface area contributed by atoms with Gasteiger partial charge in [-0.1, -0.05) is 48.5 Å². The summed E-state index contributed by atoms with van der Waals surface area (Å²) in [5.41, 5.74) is 5.81. The molecule has 3 N–H and O–H groups in total. The van der Waals surface area contributed by atoms with E-state index in [1.54, 1.807) is 29.4 Å². The van der Waals surface area contributed by atoms with Gasteiger partial charge >= 0.3 is 5.97 Å². The van der Waals surface area contributed by atoms with Crippen LogP contribution in [0.2, 0.25) is 0 Å². The fourth-order valence-corrected chi connectivity index (χ4v) is 4.67. The van der Waals surface area contributed by atoms with Crippen molar-refractivity contribution in [1.29, 1.82) is 0 Å². The van der Waals surface area contributed by atoms with Gasteiger partial charge in [-0.3, -0.25) is 14.6 Å². The summed E-state index contributed by atoms with van der Waals surface area (Å²) in [5.74, 6) is -1.52. The number of amides is 1. The maximum atomic E-state index is 13.2. The largest absolute Gasteiger partial charge is 0.481 e. The van der Waals surface area contributed by atoms with E-state index in [9.17, 15) is 19.8 Å². The summed E-state index contributed by atoms with van der Waals surface area (Å²) in [4.78, 5) is 28.9. The molecule has 1 aliphatic rings. The predicted octanol–water partition coefficient (Wildman–Crippen LogP) is 4.01. The van der Waals surface area contributed by atoms with Crippen molar-refractivity contribution in [3.8, 4) is 22.3 Å². The van der Waals surface area contributed by atoms with E-state index in [0.29, 0.717) is 6.42 Å². The van der Waals surface area contributed by atoms with Crippen molar-refractivity contribution in [3.63, 3.8) is 0 Å². The summed E-state index contributed by atoms with van der Waals surface area (Å²) < 4.78 is 1.63. The smallest absolute Gasteiger partial charge is 0.306 e. The molecule has 0 unspecified atom stereocenters. The van der Waals surface area contributed by atoms with Gasteiger partial charge in [0.25, 0.3) is 0 Å². The molecule has 7 nitrogen and oxygen atoms in total. The zero-order valence-electron chi connectivity index (χ0n) is 18.9. The molecule has 0 fully saturated rings. The van der Waals surface area contributed by atoms with Crippen LogP contribution in [0.3, 0.4) is 0 Å². The van der Waals surface area contributed by atoms with Crippen molar-refractivity contribution in [2.24, 2.45) is 0 Å². The minimum atomic E-state index is -1.07. The molecule has 7 heteroatoms. The minimum absolute atomic E-state index is 0.370. The van der Waals surface area contributed by atoms with Crippen molar-refractivity contribution >= 4 is 11.9 Å². The molecule has 1 amide bonds. The third-order valence-electron chi connectivity index (χ3n) is 6.48. The van der Waals surface area contributed by atoms with Gasteiger partial charge in [-0.2, -0.15) is 0 Å². The number of aromatic nitrogens is 2. The number of fused-ring (bicyclic) bond motifs is 1. The highest BCUT2D eigenvalue weighted by Gasteiger charge is 2.34. The molecule has 0 radical (unpaired) electrons. The molecule has 4 aromatic rings. The van der Waals surface area contributed by atoms with E-state index in [0.717, 1.165) is 33.4 Å². The van der Waals surface area contributed by atoms with E-state index in [1.807, 2.05) is 66.7 Å². The van der Waals surface area contributed by atoms with Gasteiger partial charge in [0, 0.05) is 31.2 Å². The lowest BCUT2D eigenvalue weighted by Crippen LogP contribution is -2.39. The van der Waals surface area contributed by atoms with Crippen molar-refractivity contribution in [2.45, 2.75) is 31.0 Å². The second kappa shape index (κ2) is 9.56.